The second-order valence-corrected chi connectivity index (χ2v) is 6.34. The van der Waals surface area contributed by atoms with E-state index < -0.39 is 0 Å². The van der Waals surface area contributed by atoms with Gasteiger partial charge in [0.15, 0.2) is 0 Å². The molecule has 0 radical (unpaired) electrons. The quantitative estimate of drug-likeness (QED) is 0.734. The molecule has 2 heteroatoms. The highest BCUT2D eigenvalue weighted by Gasteiger charge is 2.02. The fraction of sp³-hybridized carbons (Fsp3) is 0.333. The Morgan fingerprint density at radius 2 is 2.07 bits per heavy atom. The van der Waals surface area contributed by atoms with Crippen LogP contribution in [0.4, 0.5) is 0 Å². The van der Waals surface area contributed by atoms with Gasteiger partial charge in [-0.15, -0.1) is 11.3 Å². The predicted octanol–water partition coefficient (Wildman–Crippen LogP) is 4.54. The summed E-state index contributed by atoms with van der Waals surface area (Å²) in [5, 5.41) is 2.11. The first-order valence-electron chi connectivity index (χ1n) is 4.85. The Kier molecular flexibility index (Phi) is 3.14. The van der Waals surface area contributed by atoms with Crippen molar-refractivity contribution >= 4 is 33.2 Å². The number of hydrogen-bond acceptors (Lipinski definition) is 2. The number of thioether (sulfide) groups is 1. The molecular formula is C12H14S2. The van der Waals surface area contributed by atoms with Gasteiger partial charge >= 0.3 is 0 Å². The Balaban J connectivity index is 2.19. The Morgan fingerprint density at radius 3 is 2.79 bits per heavy atom. The number of hydrogen-bond donors (Lipinski definition) is 0. The molecule has 0 nitrogen and oxygen atoms in total. The van der Waals surface area contributed by atoms with E-state index in [4.69, 9.17) is 0 Å². The third-order valence-corrected chi connectivity index (χ3v) is 4.48. The predicted molar refractivity (Wildman–Crippen MR) is 68.3 cm³/mol. The molecule has 0 aliphatic rings. The fourth-order valence-electron chi connectivity index (χ4n) is 1.36. The van der Waals surface area contributed by atoms with Crippen molar-refractivity contribution in [2.45, 2.75) is 24.9 Å². The van der Waals surface area contributed by atoms with E-state index in [2.05, 4.69) is 44.2 Å². The number of fused-ring (bicyclic) bond motifs is 1. The molecule has 0 spiro atoms. The molecule has 14 heavy (non-hydrogen) atoms. The van der Waals surface area contributed by atoms with Crippen LogP contribution in [0.15, 0.2) is 30.3 Å². The van der Waals surface area contributed by atoms with E-state index in [1.165, 1.54) is 15.0 Å². The van der Waals surface area contributed by atoms with Gasteiger partial charge in [0.25, 0.3) is 0 Å². The van der Waals surface area contributed by atoms with Crippen LogP contribution in [-0.2, 0) is 5.75 Å². The molecule has 0 unspecified atom stereocenters. The first kappa shape index (κ1) is 10.1. The summed E-state index contributed by atoms with van der Waals surface area (Å²) < 4.78 is 1.41. The van der Waals surface area contributed by atoms with Crippen molar-refractivity contribution in [1.29, 1.82) is 0 Å². The van der Waals surface area contributed by atoms with Crippen LogP contribution in [0.3, 0.4) is 0 Å². The lowest BCUT2D eigenvalue weighted by molar-refractivity contribution is 1.11. The van der Waals surface area contributed by atoms with Gasteiger partial charge in [-0.1, -0.05) is 32.0 Å². The topological polar surface area (TPSA) is 0 Å². The Bertz CT molecular complexity index is 382. The second kappa shape index (κ2) is 4.37. The van der Waals surface area contributed by atoms with Crippen LogP contribution in [0.2, 0.25) is 0 Å². The summed E-state index contributed by atoms with van der Waals surface area (Å²) in [6.07, 6.45) is 0. The zero-order valence-electron chi connectivity index (χ0n) is 8.49. The normalized spacial score (nSPS) is 11.4. The van der Waals surface area contributed by atoms with Gasteiger partial charge in [-0.2, -0.15) is 11.8 Å². The SMILES string of the molecule is CC(C)SCc1cc2ccccc2s1. The maximum atomic E-state index is 2.31. The van der Waals surface area contributed by atoms with Crippen molar-refractivity contribution < 1.29 is 0 Å². The summed E-state index contributed by atoms with van der Waals surface area (Å²) in [5.74, 6) is 1.15. The van der Waals surface area contributed by atoms with Gasteiger partial charge in [0.2, 0.25) is 0 Å². The first-order chi connectivity index (χ1) is 6.75. The molecule has 1 aromatic carbocycles. The first-order valence-corrected chi connectivity index (χ1v) is 6.71. The van der Waals surface area contributed by atoms with Crippen LogP contribution in [0.5, 0.6) is 0 Å². The molecule has 0 amide bonds. The van der Waals surface area contributed by atoms with E-state index in [0.29, 0.717) is 0 Å². The third-order valence-electron chi connectivity index (χ3n) is 2.04. The molecule has 0 saturated carbocycles. The Hall–Kier alpha value is -0.470. The van der Waals surface area contributed by atoms with Crippen LogP contribution in [0.1, 0.15) is 18.7 Å². The summed E-state index contributed by atoms with van der Waals surface area (Å²) in [5.41, 5.74) is 0. The molecule has 2 aromatic rings. The van der Waals surface area contributed by atoms with Crippen LogP contribution < -0.4 is 0 Å². The number of benzene rings is 1. The Morgan fingerprint density at radius 1 is 1.29 bits per heavy atom. The van der Waals surface area contributed by atoms with Gasteiger partial charge in [-0.3, -0.25) is 0 Å². The average Bonchev–Trinajstić information content (AvgIpc) is 2.57. The second-order valence-electron chi connectivity index (χ2n) is 3.61. The average molecular weight is 222 g/mol. The Labute approximate surface area is 93.3 Å². The van der Waals surface area contributed by atoms with Gasteiger partial charge in [0, 0.05) is 15.3 Å². The van der Waals surface area contributed by atoms with Crippen molar-refractivity contribution in [3.63, 3.8) is 0 Å². The van der Waals surface area contributed by atoms with Crippen molar-refractivity contribution in [3.8, 4) is 0 Å². The van der Waals surface area contributed by atoms with Crippen LogP contribution in [-0.4, -0.2) is 5.25 Å². The van der Waals surface area contributed by atoms with Crippen molar-refractivity contribution in [2.24, 2.45) is 0 Å². The lowest BCUT2D eigenvalue weighted by atomic mass is 10.2. The lowest BCUT2D eigenvalue weighted by Gasteiger charge is -2.00. The zero-order valence-corrected chi connectivity index (χ0v) is 10.1. The molecule has 0 aliphatic heterocycles. The van der Waals surface area contributed by atoms with E-state index in [1.807, 2.05) is 23.1 Å². The molecule has 74 valence electrons. The molecule has 0 aliphatic carbocycles. The van der Waals surface area contributed by atoms with Crippen LogP contribution in [0, 0.1) is 0 Å². The van der Waals surface area contributed by atoms with Crippen LogP contribution in [0.25, 0.3) is 10.1 Å². The van der Waals surface area contributed by atoms with E-state index in [1.54, 1.807) is 0 Å². The number of rotatable bonds is 3. The largest absolute Gasteiger partial charge is 0.154 e. The van der Waals surface area contributed by atoms with E-state index in [9.17, 15) is 0 Å². The van der Waals surface area contributed by atoms with Gasteiger partial charge in [-0.25, -0.2) is 0 Å². The highest BCUT2D eigenvalue weighted by Crippen LogP contribution is 2.29. The van der Waals surface area contributed by atoms with Crippen LogP contribution >= 0.6 is 23.1 Å². The van der Waals surface area contributed by atoms with Gasteiger partial charge in [-0.05, 0) is 22.8 Å². The molecule has 1 aromatic heterocycles. The summed E-state index contributed by atoms with van der Waals surface area (Å²) in [6.45, 7) is 4.50. The molecule has 1 heterocycles. The summed E-state index contributed by atoms with van der Waals surface area (Å²) in [6, 6.07) is 10.9. The third kappa shape index (κ3) is 2.31. The summed E-state index contributed by atoms with van der Waals surface area (Å²) >= 11 is 3.93. The molecule has 2 rings (SSSR count). The smallest absolute Gasteiger partial charge is 0.0345 e. The number of thiophene rings is 1. The highest BCUT2D eigenvalue weighted by molar-refractivity contribution is 7.99. The standard InChI is InChI=1S/C12H14S2/c1-9(2)13-8-11-7-10-5-3-4-6-12(10)14-11/h3-7,9H,8H2,1-2H3. The maximum Gasteiger partial charge on any atom is 0.0345 e. The van der Waals surface area contributed by atoms with Crippen molar-refractivity contribution in [3.05, 3.63) is 35.2 Å². The summed E-state index contributed by atoms with van der Waals surface area (Å²) in [4.78, 5) is 1.49. The van der Waals surface area contributed by atoms with Gasteiger partial charge in [0.1, 0.15) is 0 Å². The summed E-state index contributed by atoms with van der Waals surface area (Å²) in [7, 11) is 0. The van der Waals surface area contributed by atoms with Gasteiger partial charge < -0.3 is 0 Å². The maximum absolute atomic E-state index is 2.31. The van der Waals surface area contributed by atoms with E-state index in [0.717, 1.165) is 11.0 Å². The fourth-order valence-corrected chi connectivity index (χ4v) is 3.24. The van der Waals surface area contributed by atoms with E-state index in [-0.39, 0.29) is 0 Å². The van der Waals surface area contributed by atoms with Crippen molar-refractivity contribution in [1.82, 2.24) is 0 Å². The molecule has 0 saturated heterocycles. The minimum atomic E-state index is 0.722. The minimum Gasteiger partial charge on any atom is -0.154 e. The van der Waals surface area contributed by atoms with E-state index >= 15 is 0 Å². The highest BCUT2D eigenvalue weighted by atomic mass is 32.2. The minimum absolute atomic E-state index is 0.722. The van der Waals surface area contributed by atoms with Gasteiger partial charge in [0.05, 0.1) is 0 Å². The van der Waals surface area contributed by atoms with Crippen molar-refractivity contribution in [2.75, 3.05) is 0 Å². The molecule has 0 fully saturated rings. The molecule has 0 bridgehead atoms. The molecule has 0 N–H and O–H groups in total. The lowest BCUT2D eigenvalue weighted by Crippen LogP contribution is -1.85. The molecule has 0 atom stereocenters. The monoisotopic (exact) mass is 222 g/mol. The molecular weight excluding hydrogens is 208 g/mol. The zero-order chi connectivity index (χ0) is 9.97.